The van der Waals surface area contributed by atoms with Gasteiger partial charge in [-0.1, -0.05) is 149 Å². The second-order valence-corrected chi connectivity index (χ2v) is 26.5. The first-order valence-corrected chi connectivity index (χ1v) is 35.0. The van der Waals surface area contributed by atoms with Gasteiger partial charge in [-0.05, 0) is 153 Å². The van der Waals surface area contributed by atoms with Gasteiger partial charge < -0.3 is 72.9 Å². The molecular weight excluding hydrogens is 1390 g/mol. The van der Waals surface area contributed by atoms with Crippen LogP contribution in [0.25, 0.3) is 22.3 Å². The van der Waals surface area contributed by atoms with Crippen LogP contribution in [-0.2, 0) is 38.1 Å². The molecule has 0 heterocycles. The maximum absolute atomic E-state index is 14.4. The number of nitrogens with two attached hydrogens (primary N) is 2. The number of hydrogen-bond donors (Lipinski definition) is 10. The van der Waals surface area contributed by atoms with Crippen LogP contribution < -0.4 is 54.0 Å². The Morgan fingerprint density at radius 3 is 0.991 bits per heavy atom. The number of non-ortho nitro benzene ring substituents is 2. The van der Waals surface area contributed by atoms with Crippen molar-refractivity contribution in [1.82, 2.24) is 31.9 Å². The van der Waals surface area contributed by atoms with Gasteiger partial charge in [-0.2, -0.15) is 0 Å². The zero-order valence-electron chi connectivity index (χ0n) is 59.4. The minimum atomic E-state index is -1.36. The number of carbonyl (C=O) groups is 9. The van der Waals surface area contributed by atoms with Crippen LogP contribution in [0.4, 0.5) is 46.7 Å². The fraction of sp³-hybridized carbons (Fsp3) is 0.278. The van der Waals surface area contributed by atoms with Crippen LogP contribution in [0.5, 0.6) is 0 Å². The molecule has 12 N–H and O–H groups in total. The predicted octanol–water partition coefficient (Wildman–Crippen LogP) is 11.4. The Kier molecular flexibility index (Phi) is 25.8. The first kappa shape index (κ1) is 77.4. The van der Waals surface area contributed by atoms with Crippen molar-refractivity contribution in [2.75, 3.05) is 36.9 Å². The lowest BCUT2D eigenvalue weighted by molar-refractivity contribution is -0.385. The van der Waals surface area contributed by atoms with Gasteiger partial charge >= 0.3 is 30.4 Å². The standard InChI is InChI=1S/C79H82N12O17/c1-45(2)67(88-77(98)105-43-63-59-19-9-5-15-55(59)56-16-6-10-20-60(56)63)73(94)86-65(23-13-41-82-75(80)96)71(92)84-51-33-25-47(26-34-51)69(49-29-37-53(38-30-49)90(101)102)107-79(100)108-70(50-31-39-54(40-32-50)91(103)104)48-27-35-52(36-28-48)85-72(93)66(24-14-42-83-76(81)97)87-74(95)68(46(3)4)89-78(99)106-44-64-61-21-11-7-17-57(61)58-18-8-12-22-62(58)64/h5-12,15-22,25-40,45-46,63-70H,13-14,23-24,41-44H2,1-4H3,(H,84,92)(H,85,93)(H,86,94)(H,87,95)(H,88,98)(H,89,99)(H3,80,82,96)(H3,81,83,97)/t65-,66-,67-,68-,69?,70?/m0/s1. The molecule has 29 nitrogen and oxygen atoms in total. The van der Waals surface area contributed by atoms with Crippen LogP contribution in [0, 0.1) is 32.1 Å². The van der Waals surface area contributed by atoms with Gasteiger partial charge in [-0.25, -0.2) is 24.0 Å². The number of nitrogens with one attached hydrogen (secondary N) is 8. The minimum absolute atomic E-state index is 0.0121. The molecule has 0 saturated heterocycles. The normalized spacial score (nSPS) is 13.5. The smallest absolute Gasteiger partial charge is 0.449 e. The summed E-state index contributed by atoms with van der Waals surface area (Å²) in [5.74, 6) is -4.30. The van der Waals surface area contributed by atoms with E-state index >= 15 is 0 Å². The maximum Gasteiger partial charge on any atom is 0.510 e. The van der Waals surface area contributed by atoms with Gasteiger partial charge in [0.15, 0.2) is 12.2 Å². The molecule has 6 atom stereocenters. The molecule has 108 heavy (non-hydrogen) atoms. The van der Waals surface area contributed by atoms with Gasteiger partial charge in [0.05, 0.1) is 9.85 Å². The van der Waals surface area contributed by atoms with E-state index in [0.29, 0.717) is 0 Å². The zero-order chi connectivity index (χ0) is 77.1. The van der Waals surface area contributed by atoms with Gasteiger partial charge in [0.1, 0.15) is 37.4 Å². The lowest BCUT2D eigenvalue weighted by Crippen LogP contribution is -2.54. The van der Waals surface area contributed by atoms with Crippen LogP contribution >= 0.6 is 0 Å². The molecule has 10 amide bonds. The number of benzene rings is 8. The van der Waals surface area contributed by atoms with Crippen LogP contribution in [0.15, 0.2) is 194 Å². The highest BCUT2D eigenvalue weighted by Gasteiger charge is 2.36. The molecule has 0 radical (unpaired) electrons. The number of nitrogens with zero attached hydrogens (tertiary/aromatic N) is 2. The Balaban J connectivity index is 0.819. The molecule has 2 aliphatic carbocycles. The van der Waals surface area contributed by atoms with Crippen molar-refractivity contribution in [3.05, 3.63) is 259 Å². The molecule has 0 fully saturated rings. The van der Waals surface area contributed by atoms with Gasteiger partial charge in [-0.15, -0.1) is 0 Å². The van der Waals surface area contributed by atoms with Crippen molar-refractivity contribution in [2.45, 2.75) is 102 Å². The maximum atomic E-state index is 14.4. The quantitative estimate of drug-likeness (QED) is 0.00615. The predicted molar refractivity (Wildman–Crippen MR) is 399 cm³/mol. The number of amides is 10. The number of primary amides is 2. The van der Waals surface area contributed by atoms with E-state index in [2.05, 4.69) is 42.5 Å². The van der Waals surface area contributed by atoms with E-state index in [1.807, 2.05) is 97.1 Å². The Morgan fingerprint density at radius 2 is 0.704 bits per heavy atom. The fourth-order valence-electron chi connectivity index (χ4n) is 13.1. The minimum Gasteiger partial charge on any atom is -0.449 e. The molecule has 0 spiro atoms. The summed E-state index contributed by atoms with van der Waals surface area (Å²) in [6.45, 7) is 6.89. The number of nitro groups is 2. The molecule has 0 aliphatic heterocycles. The van der Waals surface area contributed by atoms with Crippen molar-refractivity contribution in [3.63, 3.8) is 0 Å². The van der Waals surface area contributed by atoms with E-state index in [1.54, 1.807) is 27.7 Å². The first-order valence-electron chi connectivity index (χ1n) is 35.0. The highest BCUT2D eigenvalue weighted by atomic mass is 16.7. The van der Waals surface area contributed by atoms with Gasteiger partial charge in [0.2, 0.25) is 23.6 Å². The van der Waals surface area contributed by atoms with Gasteiger partial charge in [0, 0.05) is 60.6 Å². The van der Waals surface area contributed by atoms with Gasteiger partial charge in [-0.3, -0.25) is 39.4 Å². The number of hydrogen-bond acceptors (Lipinski definition) is 17. The topological polar surface area (TPSA) is 425 Å². The van der Waals surface area contributed by atoms with E-state index in [0.717, 1.165) is 44.5 Å². The van der Waals surface area contributed by atoms with E-state index < -0.39 is 112 Å². The fourth-order valence-corrected chi connectivity index (χ4v) is 13.1. The Labute approximate surface area is 620 Å². The SMILES string of the molecule is CC(C)[C@H](NC(=O)OCC1c2ccccc2-c2ccccc21)C(=O)N[C@@H](CCCNC(N)=O)C(=O)Nc1ccc(C(OC(=O)OC(c2ccc(NC(=O)[C@H](CCCNC(N)=O)NC(=O)[C@@H](NC(=O)OCC3c4ccccc4-c4ccccc43)C(C)C)cc2)c2ccc([N+](=O)[O-])cc2)c2ccc([N+](=O)[O-])cc2)cc1. The third kappa shape index (κ3) is 19.8. The average Bonchev–Trinajstić information content (AvgIpc) is 1.62. The van der Waals surface area contributed by atoms with Crippen LogP contribution in [0.2, 0.25) is 0 Å². The lowest BCUT2D eigenvalue weighted by Gasteiger charge is -2.26. The molecule has 2 unspecified atom stereocenters. The number of carbonyl (C=O) groups excluding carboxylic acids is 9. The number of ether oxygens (including phenoxy) is 4. The second-order valence-electron chi connectivity index (χ2n) is 26.5. The highest BCUT2D eigenvalue weighted by Crippen LogP contribution is 2.46. The zero-order valence-corrected chi connectivity index (χ0v) is 59.4. The molecule has 0 bridgehead atoms. The second kappa shape index (κ2) is 36.0. The summed E-state index contributed by atoms with van der Waals surface area (Å²) in [5, 5.41) is 45.0. The first-order chi connectivity index (χ1) is 51.9. The Morgan fingerprint density at radius 1 is 0.407 bits per heavy atom. The number of nitro benzene ring substituents is 2. The van der Waals surface area contributed by atoms with Crippen molar-refractivity contribution in [1.29, 1.82) is 0 Å². The summed E-state index contributed by atoms with van der Waals surface area (Å²) >= 11 is 0. The van der Waals surface area contributed by atoms with Crippen molar-refractivity contribution in [3.8, 4) is 22.3 Å². The summed E-state index contributed by atoms with van der Waals surface area (Å²) in [4.78, 5) is 144. The summed E-state index contributed by atoms with van der Waals surface area (Å²) in [6.07, 6.45) is -5.41. The highest BCUT2D eigenvalue weighted by molar-refractivity contribution is 5.99. The number of alkyl carbamates (subject to hydrolysis) is 2. The summed E-state index contributed by atoms with van der Waals surface area (Å²) in [6, 6.07) is 46.9. The lowest BCUT2D eigenvalue weighted by atomic mass is 9.98. The van der Waals surface area contributed by atoms with E-state index in [4.69, 9.17) is 30.4 Å². The molecule has 8 aromatic carbocycles. The molecule has 10 rings (SSSR count). The monoisotopic (exact) mass is 1470 g/mol. The third-order valence-corrected chi connectivity index (χ3v) is 18.5. The number of urea groups is 2. The molecule has 8 aromatic rings. The van der Waals surface area contributed by atoms with Crippen LogP contribution in [-0.4, -0.2) is 114 Å². The third-order valence-electron chi connectivity index (χ3n) is 18.5. The van der Waals surface area contributed by atoms with E-state index in [9.17, 15) is 63.4 Å². The number of rotatable bonds is 32. The van der Waals surface area contributed by atoms with Gasteiger partial charge in [0.25, 0.3) is 11.4 Å². The molecule has 2 aliphatic rings. The molecule has 0 saturated carbocycles. The molecule has 560 valence electrons. The van der Waals surface area contributed by atoms with E-state index in [-0.39, 0.29) is 109 Å². The molecule has 29 heteroatoms. The number of fused-ring (bicyclic) bond motifs is 6. The van der Waals surface area contributed by atoms with Crippen LogP contribution in [0.1, 0.15) is 122 Å². The summed E-state index contributed by atoms with van der Waals surface area (Å²) in [7, 11) is 0. The van der Waals surface area contributed by atoms with Crippen LogP contribution in [0.3, 0.4) is 0 Å². The largest absolute Gasteiger partial charge is 0.510 e. The average molecular weight is 1470 g/mol. The summed E-state index contributed by atoms with van der Waals surface area (Å²) < 4.78 is 23.6. The Bertz CT molecular complexity index is 4240. The van der Waals surface area contributed by atoms with Crippen molar-refractivity contribution in [2.24, 2.45) is 23.3 Å². The Hall–Kier alpha value is -13.2. The van der Waals surface area contributed by atoms with Crippen molar-refractivity contribution >= 4 is 76.8 Å². The molecule has 0 aromatic heterocycles. The number of anilines is 2. The molecular formula is C79H82N12O17. The van der Waals surface area contributed by atoms with Crippen molar-refractivity contribution < 1.29 is 71.9 Å². The van der Waals surface area contributed by atoms with E-state index in [1.165, 1.54) is 97.1 Å². The summed E-state index contributed by atoms with van der Waals surface area (Å²) in [5.41, 5.74) is 19.5.